The summed E-state index contributed by atoms with van der Waals surface area (Å²) >= 11 is 0. The summed E-state index contributed by atoms with van der Waals surface area (Å²) in [6, 6.07) is 1.03. The molecule has 66 valence electrons. The predicted molar refractivity (Wildman–Crippen MR) is 48.5 cm³/mol. The van der Waals surface area contributed by atoms with Gasteiger partial charge in [-0.2, -0.15) is 0 Å². The van der Waals surface area contributed by atoms with Crippen molar-refractivity contribution >= 4 is 0 Å². The summed E-state index contributed by atoms with van der Waals surface area (Å²) in [4.78, 5) is 2.27. The third-order valence-electron chi connectivity index (χ3n) is 2.69. The fraction of sp³-hybridized carbons (Fsp3) is 1.00. The lowest BCUT2D eigenvalue weighted by Gasteiger charge is -2.27. The summed E-state index contributed by atoms with van der Waals surface area (Å²) in [5.74, 6) is 0. The zero-order valence-corrected chi connectivity index (χ0v) is 7.71. The zero-order chi connectivity index (χ0) is 8.27. The van der Waals surface area contributed by atoms with Gasteiger partial charge in [0.05, 0.1) is 0 Å². The maximum Gasteiger partial charge on any atom is 0.0241 e. The second-order valence-electron chi connectivity index (χ2n) is 3.83. The molecule has 1 rings (SSSR count). The summed E-state index contributed by atoms with van der Waals surface area (Å²) in [6.07, 6.45) is 6.55. The second-order valence-corrected chi connectivity index (χ2v) is 3.83. The quantitative estimate of drug-likeness (QED) is 0.578. The van der Waals surface area contributed by atoms with Crippen LogP contribution in [0.15, 0.2) is 0 Å². The van der Waals surface area contributed by atoms with Gasteiger partial charge in [0.25, 0.3) is 0 Å². The molecule has 0 aliphatic heterocycles. The van der Waals surface area contributed by atoms with Crippen LogP contribution in [0, 0.1) is 0 Å². The summed E-state index contributed by atoms with van der Waals surface area (Å²) < 4.78 is 0. The van der Waals surface area contributed by atoms with Crippen molar-refractivity contribution in [3.63, 3.8) is 0 Å². The highest BCUT2D eigenvalue weighted by molar-refractivity contribution is 4.81. The molecule has 1 aliphatic rings. The molecule has 0 aromatic rings. The molecule has 0 unspecified atom stereocenters. The Morgan fingerprint density at radius 3 is 2.36 bits per heavy atom. The van der Waals surface area contributed by atoms with E-state index in [4.69, 9.17) is 5.73 Å². The van der Waals surface area contributed by atoms with Gasteiger partial charge in [-0.25, -0.2) is 0 Å². The monoisotopic (exact) mass is 156 g/mol. The number of nitrogens with zero attached hydrogens (tertiary/aromatic N) is 1. The van der Waals surface area contributed by atoms with Gasteiger partial charge in [-0.05, 0) is 26.9 Å². The molecule has 0 bridgehead atoms. The van der Waals surface area contributed by atoms with E-state index in [-0.39, 0.29) is 0 Å². The van der Waals surface area contributed by atoms with Gasteiger partial charge in [-0.1, -0.05) is 19.3 Å². The lowest BCUT2D eigenvalue weighted by Crippen LogP contribution is -2.43. The van der Waals surface area contributed by atoms with Gasteiger partial charge in [0, 0.05) is 12.1 Å². The SMILES string of the molecule is CN(C)[C@@H]1CCCCC[C@H]1N. The highest BCUT2D eigenvalue weighted by Crippen LogP contribution is 2.19. The van der Waals surface area contributed by atoms with E-state index < -0.39 is 0 Å². The van der Waals surface area contributed by atoms with Crippen LogP contribution in [0.1, 0.15) is 32.1 Å². The van der Waals surface area contributed by atoms with E-state index in [1.54, 1.807) is 0 Å². The van der Waals surface area contributed by atoms with E-state index in [1.165, 1.54) is 32.1 Å². The molecule has 0 spiro atoms. The minimum absolute atomic E-state index is 0.410. The Morgan fingerprint density at radius 1 is 1.09 bits per heavy atom. The number of nitrogens with two attached hydrogens (primary N) is 1. The number of hydrogen-bond acceptors (Lipinski definition) is 2. The van der Waals surface area contributed by atoms with E-state index in [1.807, 2.05) is 0 Å². The van der Waals surface area contributed by atoms with Crippen molar-refractivity contribution in [2.75, 3.05) is 14.1 Å². The van der Waals surface area contributed by atoms with Crippen molar-refractivity contribution in [2.24, 2.45) is 5.73 Å². The van der Waals surface area contributed by atoms with Crippen molar-refractivity contribution in [1.29, 1.82) is 0 Å². The molecule has 0 saturated heterocycles. The molecule has 2 nitrogen and oxygen atoms in total. The van der Waals surface area contributed by atoms with E-state index in [0.717, 1.165) is 0 Å². The van der Waals surface area contributed by atoms with E-state index in [9.17, 15) is 0 Å². The molecular formula is C9H20N2. The molecule has 11 heavy (non-hydrogen) atoms. The standard InChI is InChI=1S/C9H20N2/c1-11(2)9-7-5-3-4-6-8(9)10/h8-9H,3-7,10H2,1-2H3/t8-,9-/m1/s1. The number of likely N-dealkylation sites (N-methyl/N-ethyl adjacent to an activating group) is 1. The molecule has 0 heterocycles. The third kappa shape index (κ3) is 2.46. The molecule has 0 aromatic carbocycles. The first-order chi connectivity index (χ1) is 5.22. The summed E-state index contributed by atoms with van der Waals surface area (Å²) in [5.41, 5.74) is 6.04. The average molecular weight is 156 g/mol. The van der Waals surface area contributed by atoms with Gasteiger partial charge in [-0.3, -0.25) is 0 Å². The van der Waals surface area contributed by atoms with Gasteiger partial charge >= 0.3 is 0 Å². The van der Waals surface area contributed by atoms with Gasteiger partial charge in [0.15, 0.2) is 0 Å². The molecule has 0 radical (unpaired) electrons. The zero-order valence-electron chi connectivity index (χ0n) is 7.71. The first-order valence-electron chi connectivity index (χ1n) is 4.64. The van der Waals surface area contributed by atoms with Crippen molar-refractivity contribution in [3.8, 4) is 0 Å². The van der Waals surface area contributed by atoms with Gasteiger partial charge in [-0.15, -0.1) is 0 Å². The largest absolute Gasteiger partial charge is 0.326 e. The molecule has 1 fully saturated rings. The molecule has 2 heteroatoms. The maximum atomic E-state index is 6.04. The maximum absolute atomic E-state index is 6.04. The molecule has 1 aliphatic carbocycles. The van der Waals surface area contributed by atoms with Crippen molar-refractivity contribution in [1.82, 2.24) is 4.90 Å². The Hall–Kier alpha value is -0.0800. The number of hydrogen-bond donors (Lipinski definition) is 1. The van der Waals surface area contributed by atoms with Crippen LogP contribution in [-0.4, -0.2) is 31.1 Å². The minimum Gasteiger partial charge on any atom is -0.326 e. The molecule has 2 atom stereocenters. The third-order valence-corrected chi connectivity index (χ3v) is 2.69. The Kier molecular flexibility index (Phi) is 3.34. The summed E-state index contributed by atoms with van der Waals surface area (Å²) in [7, 11) is 4.27. The van der Waals surface area contributed by atoms with Crippen LogP contribution in [0.2, 0.25) is 0 Å². The van der Waals surface area contributed by atoms with E-state index in [0.29, 0.717) is 12.1 Å². The predicted octanol–water partition coefficient (Wildman–Crippen LogP) is 1.21. The Morgan fingerprint density at radius 2 is 1.73 bits per heavy atom. The molecular weight excluding hydrogens is 136 g/mol. The van der Waals surface area contributed by atoms with Crippen LogP contribution < -0.4 is 5.73 Å². The van der Waals surface area contributed by atoms with Crippen LogP contribution >= 0.6 is 0 Å². The van der Waals surface area contributed by atoms with E-state index in [2.05, 4.69) is 19.0 Å². The van der Waals surface area contributed by atoms with Crippen molar-refractivity contribution in [2.45, 2.75) is 44.2 Å². The summed E-state index contributed by atoms with van der Waals surface area (Å²) in [6.45, 7) is 0. The fourth-order valence-electron chi connectivity index (χ4n) is 1.96. The van der Waals surface area contributed by atoms with Gasteiger partial charge in [0.1, 0.15) is 0 Å². The van der Waals surface area contributed by atoms with Crippen LogP contribution in [0.25, 0.3) is 0 Å². The van der Waals surface area contributed by atoms with Crippen molar-refractivity contribution in [3.05, 3.63) is 0 Å². The summed E-state index contributed by atoms with van der Waals surface area (Å²) in [5, 5.41) is 0. The van der Waals surface area contributed by atoms with Crippen LogP contribution in [0.4, 0.5) is 0 Å². The highest BCUT2D eigenvalue weighted by Gasteiger charge is 2.21. The fourth-order valence-corrected chi connectivity index (χ4v) is 1.96. The minimum atomic E-state index is 0.410. The molecule has 0 aromatic heterocycles. The van der Waals surface area contributed by atoms with Crippen LogP contribution in [0.3, 0.4) is 0 Å². The Bertz CT molecular complexity index is 112. The van der Waals surface area contributed by atoms with Crippen molar-refractivity contribution < 1.29 is 0 Å². The Balaban J connectivity index is 2.45. The lowest BCUT2D eigenvalue weighted by molar-refractivity contribution is 0.241. The Labute approximate surface area is 69.8 Å². The highest BCUT2D eigenvalue weighted by atomic mass is 15.1. The first-order valence-corrected chi connectivity index (χ1v) is 4.64. The lowest BCUT2D eigenvalue weighted by atomic mass is 10.0. The molecule has 0 amide bonds. The van der Waals surface area contributed by atoms with E-state index >= 15 is 0 Å². The van der Waals surface area contributed by atoms with Crippen LogP contribution in [0.5, 0.6) is 0 Å². The smallest absolute Gasteiger partial charge is 0.0241 e. The van der Waals surface area contributed by atoms with Gasteiger partial charge < -0.3 is 10.6 Å². The van der Waals surface area contributed by atoms with Crippen LogP contribution in [-0.2, 0) is 0 Å². The first kappa shape index (κ1) is 9.01. The molecule has 2 N–H and O–H groups in total. The normalized spacial score (nSPS) is 33.8. The number of rotatable bonds is 1. The average Bonchev–Trinajstić information content (AvgIpc) is 2.13. The van der Waals surface area contributed by atoms with Gasteiger partial charge in [0.2, 0.25) is 0 Å². The second kappa shape index (κ2) is 4.07. The topological polar surface area (TPSA) is 29.3 Å². The molecule has 1 saturated carbocycles.